The van der Waals surface area contributed by atoms with Gasteiger partial charge in [-0.15, -0.1) is 0 Å². The molecule has 4 nitrogen and oxygen atoms in total. The van der Waals surface area contributed by atoms with E-state index in [9.17, 15) is 10.1 Å². The number of benzene rings is 2. The lowest BCUT2D eigenvalue weighted by atomic mass is 10.1. The van der Waals surface area contributed by atoms with Gasteiger partial charge in [0, 0.05) is 11.3 Å². The first-order valence-electron chi connectivity index (χ1n) is 7.26. The summed E-state index contributed by atoms with van der Waals surface area (Å²) in [6, 6.07) is 13.7. The molecule has 0 unspecified atom stereocenters. The van der Waals surface area contributed by atoms with Crippen molar-refractivity contribution in [3.8, 4) is 11.8 Å². The Morgan fingerprint density at radius 2 is 2.00 bits per heavy atom. The molecule has 0 aliphatic carbocycles. The predicted molar refractivity (Wildman–Crippen MR) is 101 cm³/mol. The molecule has 2 aromatic rings. The van der Waals surface area contributed by atoms with Crippen molar-refractivity contribution < 1.29 is 9.53 Å². The van der Waals surface area contributed by atoms with E-state index in [-0.39, 0.29) is 5.57 Å². The van der Waals surface area contributed by atoms with Gasteiger partial charge < -0.3 is 10.1 Å². The number of halogens is 2. The number of anilines is 1. The lowest BCUT2D eigenvalue weighted by Crippen LogP contribution is -2.13. The maximum Gasteiger partial charge on any atom is 0.266 e. The highest BCUT2D eigenvalue weighted by Crippen LogP contribution is 2.26. The van der Waals surface area contributed by atoms with E-state index in [1.54, 1.807) is 42.5 Å². The van der Waals surface area contributed by atoms with Crippen LogP contribution in [-0.2, 0) is 4.79 Å². The average molecular weight is 373 g/mol. The van der Waals surface area contributed by atoms with E-state index in [1.165, 1.54) is 12.1 Å². The van der Waals surface area contributed by atoms with Crippen LogP contribution in [0.2, 0.25) is 10.0 Å². The molecule has 0 aliphatic rings. The molecule has 0 aromatic heterocycles. The molecule has 126 valence electrons. The number of carbonyl (C=O) groups is 1. The molecular formula is C19H14Cl2N2O2. The predicted octanol–water partition coefficient (Wildman–Crippen LogP) is 5.10. The second kappa shape index (κ2) is 8.93. The molecule has 0 fully saturated rings. The first-order chi connectivity index (χ1) is 12.0. The second-order valence-corrected chi connectivity index (χ2v) is 5.70. The largest absolute Gasteiger partial charge is 0.489 e. The average Bonchev–Trinajstić information content (AvgIpc) is 2.61. The summed E-state index contributed by atoms with van der Waals surface area (Å²) in [7, 11) is 0. The molecule has 1 amide bonds. The van der Waals surface area contributed by atoms with E-state index < -0.39 is 5.91 Å². The van der Waals surface area contributed by atoms with Gasteiger partial charge in [-0.25, -0.2) is 0 Å². The maximum atomic E-state index is 12.3. The SMILES string of the molecule is C=CCOc1ccccc1/C=C(\C#N)C(=O)Nc1ccc(Cl)c(Cl)c1. The molecule has 1 N–H and O–H groups in total. The van der Waals surface area contributed by atoms with Crippen molar-refractivity contribution in [1.82, 2.24) is 0 Å². The van der Waals surface area contributed by atoms with E-state index in [2.05, 4.69) is 11.9 Å². The lowest BCUT2D eigenvalue weighted by molar-refractivity contribution is -0.112. The van der Waals surface area contributed by atoms with Gasteiger partial charge in [0.1, 0.15) is 24.0 Å². The molecule has 0 saturated heterocycles. The molecule has 0 bridgehead atoms. The van der Waals surface area contributed by atoms with Gasteiger partial charge in [0.15, 0.2) is 0 Å². The number of hydrogen-bond acceptors (Lipinski definition) is 3. The Morgan fingerprint density at radius 3 is 2.68 bits per heavy atom. The van der Waals surface area contributed by atoms with Crippen LogP contribution in [0.15, 0.2) is 60.7 Å². The summed E-state index contributed by atoms with van der Waals surface area (Å²) < 4.78 is 5.52. The third kappa shape index (κ3) is 5.12. The number of nitrogens with zero attached hydrogens (tertiary/aromatic N) is 1. The number of nitriles is 1. The van der Waals surface area contributed by atoms with Crippen LogP contribution in [0.1, 0.15) is 5.56 Å². The third-order valence-corrected chi connectivity index (χ3v) is 3.86. The summed E-state index contributed by atoms with van der Waals surface area (Å²) in [5.41, 5.74) is 0.989. The molecule has 0 heterocycles. The van der Waals surface area contributed by atoms with Crippen molar-refractivity contribution in [3.63, 3.8) is 0 Å². The van der Waals surface area contributed by atoms with Crippen molar-refractivity contribution in [2.45, 2.75) is 0 Å². The normalized spacial score (nSPS) is 10.7. The van der Waals surface area contributed by atoms with Gasteiger partial charge in [0.05, 0.1) is 10.0 Å². The number of carbonyl (C=O) groups excluding carboxylic acids is 1. The first kappa shape index (κ1) is 18.6. The van der Waals surface area contributed by atoms with Crippen molar-refractivity contribution in [1.29, 1.82) is 5.26 Å². The number of rotatable bonds is 6. The summed E-state index contributed by atoms with van der Waals surface area (Å²) in [6.45, 7) is 3.92. The molecular weight excluding hydrogens is 359 g/mol. The van der Waals surface area contributed by atoms with E-state index in [0.717, 1.165) is 0 Å². The number of ether oxygens (including phenoxy) is 1. The van der Waals surface area contributed by atoms with Crippen LogP contribution in [0, 0.1) is 11.3 Å². The van der Waals surface area contributed by atoms with E-state index in [4.69, 9.17) is 27.9 Å². The Bertz CT molecular complexity index is 870. The van der Waals surface area contributed by atoms with Gasteiger partial charge in [-0.2, -0.15) is 5.26 Å². The number of para-hydroxylation sites is 1. The molecule has 0 radical (unpaired) electrons. The van der Waals surface area contributed by atoms with Crippen molar-refractivity contribution >= 4 is 40.9 Å². The standard InChI is InChI=1S/C19H14Cl2N2O2/c1-2-9-25-18-6-4-3-5-13(18)10-14(12-22)19(24)23-15-7-8-16(20)17(21)11-15/h2-8,10-11H,1,9H2,(H,23,24)/b14-10+. The zero-order valence-electron chi connectivity index (χ0n) is 13.1. The van der Waals surface area contributed by atoms with Crippen molar-refractivity contribution in [2.24, 2.45) is 0 Å². The fourth-order valence-corrected chi connectivity index (χ4v) is 2.25. The monoisotopic (exact) mass is 372 g/mol. The summed E-state index contributed by atoms with van der Waals surface area (Å²) in [5.74, 6) is -0.00287. The third-order valence-electron chi connectivity index (χ3n) is 3.12. The van der Waals surface area contributed by atoms with Gasteiger partial charge in [0.2, 0.25) is 0 Å². The van der Waals surface area contributed by atoms with Gasteiger partial charge in [0.25, 0.3) is 5.91 Å². The quantitative estimate of drug-likeness (QED) is 0.435. The van der Waals surface area contributed by atoms with Crippen molar-refractivity contribution in [3.05, 3.63) is 76.3 Å². The summed E-state index contributed by atoms with van der Waals surface area (Å²) in [5, 5.41) is 12.6. The Kier molecular flexibility index (Phi) is 6.64. The molecule has 25 heavy (non-hydrogen) atoms. The smallest absolute Gasteiger partial charge is 0.266 e. The van der Waals surface area contributed by atoms with Gasteiger partial charge >= 0.3 is 0 Å². The molecule has 2 rings (SSSR count). The van der Waals surface area contributed by atoms with Crippen molar-refractivity contribution in [2.75, 3.05) is 11.9 Å². The van der Waals surface area contributed by atoms with Crippen LogP contribution < -0.4 is 10.1 Å². The lowest BCUT2D eigenvalue weighted by Gasteiger charge is -2.08. The number of nitrogens with one attached hydrogen (secondary N) is 1. The second-order valence-electron chi connectivity index (χ2n) is 4.89. The van der Waals surface area contributed by atoms with Crippen LogP contribution in [0.4, 0.5) is 5.69 Å². The molecule has 2 aromatic carbocycles. The highest BCUT2D eigenvalue weighted by Gasteiger charge is 2.12. The number of amides is 1. The highest BCUT2D eigenvalue weighted by atomic mass is 35.5. The Balaban J connectivity index is 2.25. The maximum absolute atomic E-state index is 12.3. The minimum absolute atomic E-state index is 0.0688. The highest BCUT2D eigenvalue weighted by molar-refractivity contribution is 6.42. The zero-order valence-corrected chi connectivity index (χ0v) is 14.6. The minimum atomic E-state index is -0.556. The van der Waals surface area contributed by atoms with Crippen LogP contribution in [-0.4, -0.2) is 12.5 Å². The molecule has 0 atom stereocenters. The van der Waals surface area contributed by atoms with E-state index in [0.29, 0.717) is 33.7 Å². The Labute approximate surface area is 155 Å². The number of hydrogen-bond donors (Lipinski definition) is 1. The summed E-state index contributed by atoms with van der Waals surface area (Å²) in [6.07, 6.45) is 3.08. The topological polar surface area (TPSA) is 62.1 Å². The van der Waals surface area contributed by atoms with Crippen LogP contribution in [0.3, 0.4) is 0 Å². The van der Waals surface area contributed by atoms with Crippen LogP contribution >= 0.6 is 23.2 Å². The fraction of sp³-hybridized carbons (Fsp3) is 0.0526. The first-order valence-corrected chi connectivity index (χ1v) is 8.01. The molecule has 6 heteroatoms. The van der Waals surface area contributed by atoms with Crippen LogP contribution in [0.25, 0.3) is 6.08 Å². The van der Waals surface area contributed by atoms with Gasteiger partial charge in [-0.3, -0.25) is 4.79 Å². The van der Waals surface area contributed by atoms with Gasteiger partial charge in [-0.1, -0.05) is 54.1 Å². The molecule has 0 aliphatic heterocycles. The molecule has 0 saturated carbocycles. The fourth-order valence-electron chi connectivity index (χ4n) is 1.96. The minimum Gasteiger partial charge on any atom is -0.489 e. The summed E-state index contributed by atoms with van der Waals surface area (Å²) >= 11 is 11.8. The van der Waals surface area contributed by atoms with Gasteiger partial charge in [-0.05, 0) is 30.3 Å². The van der Waals surface area contributed by atoms with E-state index >= 15 is 0 Å². The van der Waals surface area contributed by atoms with E-state index in [1.807, 2.05) is 6.07 Å². The zero-order chi connectivity index (χ0) is 18.2. The van der Waals surface area contributed by atoms with Crippen LogP contribution in [0.5, 0.6) is 5.75 Å². The molecule has 0 spiro atoms. The Hall–Kier alpha value is -2.74. The summed E-state index contributed by atoms with van der Waals surface area (Å²) in [4.78, 5) is 12.3. The Morgan fingerprint density at radius 1 is 1.24 bits per heavy atom.